The fourth-order valence-corrected chi connectivity index (χ4v) is 5.38. The number of imidazole rings is 1. The first-order valence-corrected chi connectivity index (χ1v) is 13.6. The highest BCUT2D eigenvalue weighted by molar-refractivity contribution is 5.95. The Labute approximate surface area is 229 Å². The molecule has 6 heterocycles. The number of nitrogens with one attached hydrogen (secondary N) is 3. The van der Waals surface area contributed by atoms with Crippen molar-refractivity contribution in [3.8, 4) is 22.6 Å². The summed E-state index contributed by atoms with van der Waals surface area (Å²) in [5.41, 5.74) is 5.53. The van der Waals surface area contributed by atoms with Crippen LogP contribution >= 0.6 is 0 Å². The van der Waals surface area contributed by atoms with E-state index in [0.29, 0.717) is 34.8 Å². The van der Waals surface area contributed by atoms with Crippen molar-refractivity contribution in [2.75, 3.05) is 18.0 Å². The molecule has 0 bridgehead atoms. The number of halogens is 1. The Kier molecular flexibility index (Phi) is 6.37. The number of hydrogen-bond donors (Lipinski definition) is 3. The van der Waals surface area contributed by atoms with Crippen LogP contribution in [-0.2, 0) is 13.1 Å². The van der Waals surface area contributed by atoms with E-state index in [9.17, 15) is 0 Å². The van der Waals surface area contributed by atoms with E-state index in [4.69, 9.17) is 4.98 Å². The first-order chi connectivity index (χ1) is 19.7. The molecule has 200 valence electrons. The number of pyridine rings is 3. The Morgan fingerprint density at radius 2 is 1.77 bits per heavy atom. The predicted octanol–water partition coefficient (Wildman–Crippen LogP) is 5.38. The summed E-state index contributed by atoms with van der Waals surface area (Å²) in [5.74, 6) is 0.935. The number of nitrogens with zero attached hydrogens (tertiary/aromatic N) is 6. The molecular formula is C30H28FN9. The Morgan fingerprint density at radius 1 is 0.925 bits per heavy atom. The van der Waals surface area contributed by atoms with Crippen LogP contribution in [0.25, 0.3) is 44.7 Å². The number of piperidine rings is 1. The third kappa shape index (κ3) is 4.56. The van der Waals surface area contributed by atoms with E-state index in [2.05, 4.69) is 52.5 Å². The number of rotatable bonds is 7. The van der Waals surface area contributed by atoms with Gasteiger partial charge in [0, 0.05) is 62.1 Å². The van der Waals surface area contributed by atoms with Crippen molar-refractivity contribution in [3.63, 3.8) is 0 Å². The molecule has 0 amide bonds. The molecule has 5 aromatic heterocycles. The minimum Gasteiger partial charge on any atom is -0.355 e. The van der Waals surface area contributed by atoms with Crippen LogP contribution < -0.4 is 10.2 Å². The highest BCUT2D eigenvalue weighted by atomic mass is 19.1. The average Bonchev–Trinajstić information content (AvgIpc) is 3.63. The lowest BCUT2D eigenvalue weighted by molar-refractivity contribution is 0.574. The highest BCUT2D eigenvalue weighted by Gasteiger charge is 2.22. The lowest BCUT2D eigenvalue weighted by atomic mass is 10.1. The minimum atomic E-state index is -0.417. The number of H-pyrrole nitrogens is 2. The fourth-order valence-electron chi connectivity index (χ4n) is 5.38. The van der Waals surface area contributed by atoms with Gasteiger partial charge in [0.1, 0.15) is 17.0 Å². The monoisotopic (exact) mass is 533 g/mol. The maximum atomic E-state index is 16.2. The van der Waals surface area contributed by atoms with Gasteiger partial charge in [0.15, 0.2) is 17.3 Å². The Hall–Kier alpha value is -4.70. The Bertz CT molecular complexity index is 1790. The number of hydrogen-bond acceptors (Lipinski definition) is 7. The molecule has 9 nitrogen and oxygen atoms in total. The lowest BCUT2D eigenvalue weighted by Gasteiger charge is -2.27. The Morgan fingerprint density at radius 3 is 2.65 bits per heavy atom. The molecule has 1 fully saturated rings. The van der Waals surface area contributed by atoms with E-state index in [0.717, 1.165) is 54.9 Å². The second-order valence-corrected chi connectivity index (χ2v) is 10.1. The van der Waals surface area contributed by atoms with Crippen molar-refractivity contribution in [2.45, 2.75) is 32.4 Å². The smallest absolute Gasteiger partial charge is 0.184 e. The lowest BCUT2D eigenvalue weighted by Crippen LogP contribution is -2.30. The maximum absolute atomic E-state index is 16.2. The zero-order valence-electron chi connectivity index (χ0n) is 21.9. The third-order valence-corrected chi connectivity index (χ3v) is 7.40. The number of aromatic amines is 2. The van der Waals surface area contributed by atoms with Crippen molar-refractivity contribution in [1.29, 1.82) is 0 Å². The quantitative estimate of drug-likeness (QED) is 0.253. The fraction of sp³-hybridized carbons (Fsp3) is 0.233. The van der Waals surface area contributed by atoms with Gasteiger partial charge in [-0.25, -0.2) is 19.3 Å². The van der Waals surface area contributed by atoms with Gasteiger partial charge in [-0.2, -0.15) is 5.10 Å². The maximum Gasteiger partial charge on any atom is 0.184 e. The van der Waals surface area contributed by atoms with Crippen molar-refractivity contribution >= 4 is 27.9 Å². The normalized spacial score (nSPS) is 13.9. The summed E-state index contributed by atoms with van der Waals surface area (Å²) in [6.07, 6.45) is 10.3. The van der Waals surface area contributed by atoms with E-state index in [1.807, 2.05) is 30.3 Å². The van der Waals surface area contributed by atoms with Gasteiger partial charge in [0.2, 0.25) is 0 Å². The molecule has 0 spiro atoms. The molecule has 40 heavy (non-hydrogen) atoms. The van der Waals surface area contributed by atoms with Gasteiger partial charge in [0.05, 0.1) is 10.9 Å². The van der Waals surface area contributed by atoms with Crippen molar-refractivity contribution in [1.82, 2.24) is 40.4 Å². The summed E-state index contributed by atoms with van der Waals surface area (Å²) in [6, 6.07) is 14.0. The molecule has 1 aliphatic rings. The van der Waals surface area contributed by atoms with E-state index in [1.54, 1.807) is 18.6 Å². The molecule has 0 aliphatic carbocycles. The van der Waals surface area contributed by atoms with Gasteiger partial charge in [-0.3, -0.25) is 10.1 Å². The summed E-state index contributed by atoms with van der Waals surface area (Å²) < 4.78 is 16.2. The second-order valence-electron chi connectivity index (χ2n) is 10.1. The summed E-state index contributed by atoms with van der Waals surface area (Å²) in [7, 11) is 0. The van der Waals surface area contributed by atoms with Gasteiger partial charge in [-0.15, -0.1) is 0 Å². The highest BCUT2D eigenvalue weighted by Crippen LogP contribution is 2.34. The zero-order valence-corrected chi connectivity index (χ0v) is 21.9. The van der Waals surface area contributed by atoms with Crippen molar-refractivity contribution in [2.24, 2.45) is 0 Å². The minimum absolute atomic E-state index is 0.289. The van der Waals surface area contributed by atoms with Crippen LogP contribution in [0.1, 0.15) is 30.4 Å². The number of benzene rings is 1. The summed E-state index contributed by atoms with van der Waals surface area (Å²) in [6.45, 7) is 3.25. The molecule has 3 N–H and O–H groups in total. The molecule has 7 rings (SSSR count). The Balaban J connectivity index is 1.21. The van der Waals surface area contributed by atoms with Gasteiger partial charge in [0.25, 0.3) is 0 Å². The number of anilines is 1. The van der Waals surface area contributed by atoms with E-state index >= 15 is 4.39 Å². The molecule has 1 aliphatic heterocycles. The van der Waals surface area contributed by atoms with Crippen LogP contribution in [0, 0.1) is 5.82 Å². The second kappa shape index (κ2) is 10.5. The molecular weight excluding hydrogens is 505 g/mol. The SMILES string of the molecule is Fc1c(-c2cncc(CNCc3ccccc3)c2)cnc2n[nH]c(-c3nc4c(N5CCCCC5)nccc4[nH]3)c12. The predicted molar refractivity (Wildman–Crippen MR) is 153 cm³/mol. The van der Waals surface area contributed by atoms with Crippen molar-refractivity contribution < 1.29 is 4.39 Å². The topological polar surface area (TPSA) is 111 Å². The summed E-state index contributed by atoms with van der Waals surface area (Å²) >= 11 is 0. The number of fused-ring (bicyclic) bond motifs is 2. The van der Waals surface area contributed by atoms with Crippen LogP contribution in [0.15, 0.2) is 67.3 Å². The molecule has 0 atom stereocenters. The van der Waals surface area contributed by atoms with Crippen LogP contribution in [0.3, 0.4) is 0 Å². The van der Waals surface area contributed by atoms with Gasteiger partial charge < -0.3 is 15.2 Å². The first-order valence-electron chi connectivity index (χ1n) is 13.6. The average molecular weight is 534 g/mol. The standard InChI is InChI=1S/C30H28FN9/c31-25-22(21-13-20(16-33-17-21)15-32-14-19-7-3-1-4-8-19)18-35-28-24(25)27(38-39-28)29-36-23-9-10-34-30(26(23)37-29)40-11-5-2-6-12-40/h1,3-4,7-10,13,16-18,32H,2,5-6,11-12,14-15H2,(H,36,37)(H,35,38,39). The molecule has 0 radical (unpaired) electrons. The zero-order chi connectivity index (χ0) is 26.9. The van der Waals surface area contributed by atoms with E-state index in [-0.39, 0.29) is 5.39 Å². The molecule has 10 heteroatoms. The molecule has 0 unspecified atom stereocenters. The molecule has 1 saturated heterocycles. The van der Waals surface area contributed by atoms with Gasteiger partial charge >= 0.3 is 0 Å². The van der Waals surface area contributed by atoms with E-state index < -0.39 is 5.82 Å². The summed E-state index contributed by atoms with van der Waals surface area (Å²) in [4.78, 5) is 23.9. The first kappa shape index (κ1) is 24.3. The van der Waals surface area contributed by atoms with Crippen molar-refractivity contribution in [3.05, 3.63) is 84.2 Å². The van der Waals surface area contributed by atoms with Crippen LogP contribution in [0.4, 0.5) is 10.2 Å². The molecule has 1 aromatic carbocycles. The van der Waals surface area contributed by atoms with Crippen LogP contribution in [-0.4, -0.2) is 48.2 Å². The molecule has 6 aromatic rings. The summed E-state index contributed by atoms with van der Waals surface area (Å²) in [5, 5.41) is 10.9. The van der Waals surface area contributed by atoms with Gasteiger partial charge in [-0.1, -0.05) is 30.3 Å². The molecule has 0 saturated carbocycles. The van der Waals surface area contributed by atoms with Crippen LogP contribution in [0.5, 0.6) is 0 Å². The largest absolute Gasteiger partial charge is 0.355 e. The number of aromatic nitrogens is 7. The van der Waals surface area contributed by atoms with E-state index in [1.165, 1.54) is 18.2 Å². The third-order valence-electron chi connectivity index (χ3n) is 7.40. The van der Waals surface area contributed by atoms with Crippen LogP contribution in [0.2, 0.25) is 0 Å². The van der Waals surface area contributed by atoms with Gasteiger partial charge in [-0.05, 0) is 42.5 Å².